The Morgan fingerprint density at radius 2 is 2.00 bits per heavy atom. The molecular formula is C18H23N3O5. The number of hydrogen-bond acceptors (Lipinski definition) is 7. The van der Waals surface area contributed by atoms with Gasteiger partial charge in [0.15, 0.2) is 6.61 Å². The molecule has 1 aliphatic heterocycles. The van der Waals surface area contributed by atoms with Crippen molar-refractivity contribution in [2.45, 2.75) is 25.4 Å². The average Bonchev–Trinajstić information content (AvgIpc) is 3.16. The molecule has 1 aromatic heterocycles. The van der Waals surface area contributed by atoms with Gasteiger partial charge in [-0.3, -0.25) is 4.79 Å². The number of carbonyl (C=O) groups excluding carboxylic acids is 1. The minimum absolute atomic E-state index is 0.0660. The molecular weight excluding hydrogens is 338 g/mol. The summed E-state index contributed by atoms with van der Waals surface area (Å²) in [6, 6.07) is 6.81. The van der Waals surface area contributed by atoms with Crippen molar-refractivity contribution in [3.05, 3.63) is 41.6 Å². The summed E-state index contributed by atoms with van der Waals surface area (Å²) >= 11 is 0. The standard InChI is InChI=1S/C18H23N3O5/c1-21(8-9-22)18(23)14-2-4-15(5-3-14)25-12-16-19-20-17(26-16)13-6-10-24-11-7-13/h2-5,13,22H,6-12H2,1H3. The van der Waals surface area contributed by atoms with Gasteiger partial charge in [0.2, 0.25) is 5.89 Å². The van der Waals surface area contributed by atoms with Crippen molar-refractivity contribution in [1.29, 1.82) is 0 Å². The lowest BCUT2D eigenvalue weighted by molar-refractivity contribution is 0.0767. The third-order valence-electron chi connectivity index (χ3n) is 4.30. The summed E-state index contributed by atoms with van der Waals surface area (Å²) in [5, 5.41) is 17.0. The highest BCUT2D eigenvalue weighted by molar-refractivity contribution is 5.94. The minimum atomic E-state index is -0.149. The highest BCUT2D eigenvalue weighted by Gasteiger charge is 2.21. The molecule has 1 aromatic carbocycles. The molecule has 140 valence electrons. The second kappa shape index (κ2) is 8.77. The molecule has 0 atom stereocenters. The Labute approximate surface area is 151 Å². The van der Waals surface area contributed by atoms with Gasteiger partial charge in [0, 0.05) is 38.3 Å². The predicted octanol–water partition coefficient (Wildman–Crippen LogP) is 1.61. The molecule has 2 aromatic rings. The second-order valence-corrected chi connectivity index (χ2v) is 6.18. The quantitative estimate of drug-likeness (QED) is 0.800. The number of amides is 1. The van der Waals surface area contributed by atoms with E-state index in [1.165, 1.54) is 4.90 Å². The normalized spacial score (nSPS) is 15.0. The van der Waals surface area contributed by atoms with Crippen LogP contribution in [0.4, 0.5) is 0 Å². The van der Waals surface area contributed by atoms with Gasteiger partial charge in [-0.1, -0.05) is 0 Å². The topological polar surface area (TPSA) is 97.9 Å². The fraction of sp³-hybridized carbons (Fsp3) is 0.500. The maximum atomic E-state index is 12.1. The molecule has 0 aliphatic carbocycles. The molecule has 1 N–H and O–H groups in total. The van der Waals surface area contributed by atoms with Crippen LogP contribution in [0.2, 0.25) is 0 Å². The smallest absolute Gasteiger partial charge is 0.253 e. The zero-order chi connectivity index (χ0) is 18.4. The van der Waals surface area contributed by atoms with Crippen LogP contribution in [0.25, 0.3) is 0 Å². The first-order valence-corrected chi connectivity index (χ1v) is 8.66. The van der Waals surface area contributed by atoms with Crippen LogP contribution < -0.4 is 4.74 Å². The zero-order valence-electron chi connectivity index (χ0n) is 14.8. The van der Waals surface area contributed by atoms with Gasteiger partial charge < -0.3 is 23.9 Å². The summed E-state index contributed by atoms with van der Waals surface area (Å²) in [7, 11) is 1.65. The van der Waals surface area contributed by atoms with Crippen molar-refractivity contribution in [1.82, 2.24) is 15.1 Å². The first-order valence-electron chi connectivity index (χ1n) is 8.66. The number of carbonyl (C=O) groups is 1. The Bertz CT molecular complexity index is 710. The maximum absolute atomic E-state index is 12.1. The van der Waals surface area contributed by atoms with E-state index < -0.39 is 0 Å². The van der Waals surface area contributed by atoms with E-state index >= 15 is 0 Å². The Hall–Kier alpha value is -2.45. The van der Waals surface area contributed by atoms with E-state index in [-0.39, 0.29) is 25.0 Å². The van der Waals surface area contributed by atoms with E-state index in [4.69, 9.17) is 19.0 Å². The fourth-order valence-corrected chi connectivity index (χ4v) is 2.75. The van der Waals surface area contributed by atoms with Crippen molar-refractivity contribution in [2.75, 3.05) is 33.4 Å². The van der Waals surface area contributed by atoms with E-state index in [9.17, 15) is 4.79 Å². The van der Waals surface area contributed by atoms with Gasteiger partial charge in [-0.15, -0.1) is 10.2 Å². The lowest BCUT2D eigenvalue weighted by atomic mass is 10.0. The van der Waals surface area contributed by atoms with Gasteiger partial charge in [0.1, 0.15) is 5.75 Å². The van der Waals surface area contributed by atoms with Crippen molar-refractivity contribution in [2.24, 2.45) is 0 Å². The number of aliphatic hydroxyl groups excluding tert-OH is 1. The molecule has 1 amide bonds. The maximum Gasteiger partial charge on any atom is 0.253 e. The van der Waals surface area contributed by atoms with Gasteiger partial charge in [-0.05, 0) is 37.1 Å². The Balaban J connectivity index is 1.53. The van der Waals surface area contributed by atoms with E-state index in [0.717, 1.165) is 26.1 Å². The zero-order valence-corrected chi connectivity index (χ0v) is 14.8. The summed E-state index contributed by atoms with van der Waals surface area (Å²) in [5.74, 6) is 1.78. The highest BCUT2D eigenvalue weighted by Crippen LogP contribution is 2.25. The highest BCUT2D eigenvalue weighted by atomic mass is 16.5. The van der Waals surface area contributed by atoms with E-state index in [0.29, 0.717) is 29.6 Å². The van der Waals surface area contributed by atoms with E-state index in [1.807, 2.05) is 0 Å². The molecule has 8 nitrogen and oxygen atoms in total. The summed E-state index contributed by atoms with van der Waals surface area (Å²) in [4.78, 5) is 13.6. The molecule has 1 saturated heterocycles. The van der Waals surface area contributed by atoms with Gasteiger partial charge >= 0.3 is 0 Å². The predicted molar refractivity (Wildman–Crippen MR) is 91.9 cm³/mol. The van der Waals surface area contributed by atoms with Gasteiger partial charge in [-0.2, -0.15) is 0 Å². The fourth-order valence-electron chi connectivity index (χ4n) is 2.75. The number of benzene rings is 1. The number of rotatable bonds is 7. The largest absolute Gasteiger partial charge is 0.484 e. The number of ether oxygens (including phenoxy) is 2. The molecule has 26 heavy (non-hydrogen) atoms. The van der Waals surface area contributed by atoms with Crippen molar-refractivity contribution >= 4 is 5.91 Å². The van der Waals surface area contributed by atoms with Crippen LogP contribution >= 0.6 is 0 Å². The van der Waals surface area contributed by atoms with E-state index in [2.05, 4.69) is 10.2 Å². The molecule has 0 radical (unpaired) electrons. The number of aromatic nitrogens is 2. The molecule has 8 heteroatoms. The SMILES string of the molecule is CN(CCO)C(=O)c1ccc(OCc2nnc(C3CCOCC3)o2)cc1. The average molecular weight is 361 g/mol. The van der Waals surface area contributed by atoms with Crippen LogP contribution in [-0.4, -0.2) is 59.5 Å². The summed E-state index contributed by atoms with van der Waals surface area (Å²) in [6.07, 6.45) is 1.78. The van der Waals surface area contributed by atoms with Crippen LogP contribution in [0.3, 0.4) is 0 Å². The lowest BCUT2D eigenvalue weighted by Gasteiger charge is -2.18. The molecule has 3 rings (SSSR count). The van der Waals surface area contributed by atoms with Crippen molar-refractivity contribution < 1.29 is 23.8 Å². The Kier molecular flexibility index (Phi) is 6.19. The molecule has 0 unspecified atom stereocenters. The first-order chi connectivity index (χ1) is 12.7. The van der Waals surface area contributed by atoms with Gasteiger partial charge in [0.05, 0.1) is 6.61 Å². The Morgan fingerprint density at radius 3 is 2.69 bits per heavy atom. The molecule has 0 saturated carbocycles. The summed E-state index contributed by atoms with van der Waals surface area (Å²) < 4.78 is 16.7. The molecule has 0 bridgehead atoms. The van der Waals surface area contributed by atoms with E-state index in [1.54, 1.807) is 31.3 Å². The van der Waals surface area contributed by atoms with Crippen molar-refractivity contribution in [3.63, 3.8) is 0 Å². The molecule has 1 aliphatic rings. The number of hydrogen-bond donors (Lipinski definition) is 1. The van der Waals surface area contributed by atoms with Gasteiger partial charge in [-0.25, -0.2) is 0 Å². The third kappa shape index (κ3) is 4.59. The molecule has 0 spiro atoms. The minimum Gasteiger partial charge on any atom is -0.484 e. The number of likely N-dealkylation sites (N-methyl/N-ethyl adjacent to an activating group) is 1. The Morgan fingerprint density at radius 1 is 1.27 bits per heavy atom. The first kappa shape index (κ1) is 18.3. The monoisotopic (exact) mass is 361 g/mol. The number of aliphatic hydroxyl groups is 1. The second-order valence-electron chi connectivity index (χ2n) is 6.18. The van der Waals surface area contributed by atoms with Crippen LogP contribution in [0.5, 0.6) is 5.75 Å². The van der Waals surface area contributed by atoms with Gasteiger partial charge in [0.25, 0.3) is 11.8 Å². The molecule has 1 fully saturated rings. The number of nitrogens with zero attached hydrogens (tertiary/aromatic N) is 3. The van der Waals surface area contributed by atoms with Crippen LogP contribution in [0.1, 0.15) is 40.9 Å². The van der Waals surface area contributed by atoms with Crippen LogP contribution in [-0.2, 0) is 11.3 Å². The third-order valence-corrected chi connectivity index (χ3v) is 4.30. The summed E-state index contributed by atoms with van der Waals surface area (Å²) in [5.41, 5.74) is 0.535. The summed E-state index contributed by atoms with van der Waals surface area (Å²) in [6.45, 7) is 1.84. The van der Waals surface area contributed by atoms with Crippen molar-refractivity contribution in [3.8, 4) is 5.75 Å². The van der Waals surface area contributed by atoms with Crippen LogP contribution in [0, 0.1) is 0 Å². The van der Waals surface area contributed by atoms with Crippen LogP contribution in [0.15, 0.2) is 28.7 Å². The molecule has 2 heterocycles. The lowest BCUT2D eigenvalue weighted by Crippen LogP contribution is -2.29.